The number of ether oxygens (including phenoxy) is 2. The molecule has 1 N–H and O–H groups in total. The van der Waals surface area contributed by atoms with E-state index in [0.29, 0.717) is 42.2 Å². The Kier molecular flexibility index (Phi) is 7.47. The molecule has 1 aliphatic rings. The number of morpholine rings is 1. The predicted octanol–water partition coefficient (Wildman–Crippen LogP) is 4.31. The number of fused-ring (bicyclic) bond motifs is 1. The maximum absolute atomic E-state index is 14.5. The number of aromatic nitrogens is 3. The summed E-state index contributed by atoms with van der Waals surface area (Å²) in [6.45, 7) is 10.2. The Bertz CT molecular complexity index is 1220. The lowest BCUT2D eigenvalue weighted by atomic mass is 10.0. The van der Waals surface area contributed by atoms with Crippen molar-refractivity contribution >= 4 is 34.7 Å². The van der Waals surface area contributed by atoms with Gasteiger partial charge in [-0.3, -0.25) is 4.79 Å². The van der Waals surface area contributed by atoms with E-state index in [2.05, 4.69) is 31.0 Å². The standard InChI is InChI=1S/C25H31ClFN5O3/c1-16(33)35-15-21-22(12-17-6-5-7-19(27)18(17)14-26)32-24(28-21)20(29-25(2,3)4)13-23(30-32)31-8-10-34-11-9-31/h5-7,13,29H,8-12,14-15H2,1-4H3. The molecule has 3 aromatic rings. The van der Waals surface area contributed by atoms with Crippen LogP contribution in [0.25, 0.3) is 5.65 Å². The van der Waals surface area contributed by atoms with Crippen molar-refractivity contribution in [2.75, 3.05) is 36.5 Å². The molecule has 0 aliphatic carbocycles. The first-order valence-corrected chi connectivity index (χ1v) is 12.2. The summed E-state index contributed by atoms with van der Waals surface area (Å²) in [6.07, 6.45) is 0.325. The monoisotopic (exact) mass is 503 g/mol. The van der Waals surface area contributed by atoms with Gasteiger partial charge in [-0.15, -0.1) is 16.7 Å². The molecule has 0 saturated carbocycles. The van der Waals surface area contributed by atoms with Crippen LogP contribution in [0, 0.1) is 5.82 Å². The van der Waals surface area contributed by atoms with Gasteiger partial charge in [-0.05, 0) is 32.4 Å². The number of hydrogen-bond donors (Lipinski definition) is 1. The van der Waals surface area contributed by atoms with Crippen molar-refractivity contribution in [3.63, 3.8) is 0 Å². The van der Waals surface area contributed by atoms with Crippen molar-refractivity contribution < 1.29 is 18.7 Å². The third-order valence-corrected chi connectivity index (χ3v) is 5.98. The second kappa shape index (κ2) is 10.4. The molecule has 188 valence electrons. The van der Waals surface area contributed by atoms with E-state index in [1.807, 2.05) is 12.1 Å². The molecule has 10 heteroatoms. The summed E-state index contributed by atoms with van der Waals surface area (Å²) in [4.78, 5) is 18.6. The van der Waals surface area contributed by atoms with Crippen LogP contribution < -0.4 is 10.2 Å². The van der Waals surface area contributed by atoms with Crippen LogP contribution in [0.4, 0.5) is 15.9 Å². The van der Waals surface area contributed by atoms with E-state index in [-0.39, 0.29) is 23.8 Å². The second-order valence-corrected chi connectivity index (χ2v) is 9.87. The lowest BCUT2D eigenvalue weighted by Crippen LogP contribution is -2.37. The average molecular weight is 504 g/mol. The number of anilines is 2. The minimum Gasteiger partial charge on any atom is -0.459 e. The minimum atomic E-state index is -0.407. The Morgan fingerprint density at radius 2 is 2.03 bits per heavy atom. The van der Waals surface area contributed by atoms with Gasteiger partial charge < -0.3 is 19.7 Å². The van der Waals surface area contributed by atoms with Gasteiger partial charge in [-0.1, -0.05) is 12.1 Å². The van der Waals surface area contributed by atoms with E-state index in [1.165, 1.54) is 13.0 Å². The highest BCUT2D eigenvalue weighted by Gasteiger charge is 2.24. The number of alkyl halides is 1. The zero-order valence-electron chi connectivity index (χ0n) is 20.5. The topological polar surface area (TPSA) is 81.0 Å². The molecule has 1 aliphatic heterocycles. The number of imidazole rings is 1. The smallest absolute Gasteiger partial charge is 0.303 e. The number of nitrogens with one attached hydrogen (secondary N) is 1. The third-order valence-electron chi connectivity index (χ3n) is 5.71. The highest BCUT2D eigenvalue weighted by Crippen LogP contribution is 2.29. The second-order valence-electron chi connectivity index (χ2n) is 9.60. The summed E-state index contributed by atoms with van der Waals surface area (Å²) in [5.41, 5.74) is 3.62. The minimum absolute atomic E-state index is 0.0125. The third kappa shape index (κ3) is 5.85. The van der Waals surface area contributed by atoms with Gasteiger partial charge in [0.25, 0.3) is 0 Å². The van der Waals surface area contributed by atoms with E-state index >= 15 is 0 Å². The molecule has 2 aromatic heterocycles. The van der Waals surface area contributed by atoms with Gasteiger partial charge in [0.2, 0.25) is 0 Å². The number of esters is 1. The number of carbonyl (C=O) groups excluding carboxylic acids is 1. The van der Waals surface area contributed by atoms with E-state index in [1.54, 1.807) is 10.6 Å². The molecule has 0 bridgehead atoms. The first-order valence-electron chi connectivity index (χ1n) is 11.6. The van der Waals surface area contributed by atoms with E-state index in [4.69, 9.17) is 31.2 Å². The quantitative estimate of drug-likeness (QED) is 0.380. The van der Waals surface area contributed by atoms with Crippen LogP contribution in [0.1, 0.15) is 50.2 Å². The lowest BCUT2D eigenvalue weighted by molar-refractivity contribution is -0.142. The van der Waals surface area contributed by atoms with Crippen LogP contribution in [0.2, 0.25) is 0 Å². The summed E-state index contributed by atoms with van der Waals surface area (Å²) in [6, 6.07) is 6.89. The molecule has 0 amide bonds. The van der Waals surface area contributed by atoms with Gasteiger partial charge in [0.15, 0.2) is 11.5 Å². The molecule has 0 atom stereocenters. The van der Waals surface area contributed by atoms with Crippen LogP contribution >= 0.6 is 11.6 Å². The number of benzene rings is 1. The highest BCUT2D eigenvalue weighted by atomic mass is 35.5. The number of nitrogens with zero attached hydrogens (tertiary/aromatic N) is 4. The molecule has 4 rings (SSSR count). The van der Waals surface area contributed by atoms with Crippen LogP contribution in [-0.4, -0.2) is 52.4 Å². The maximum atomic E-state index is 14.5. The first-order chi connectivity index (χ1) is 16.7. The van der Waals surface area contributed by atoms with Crippen LogP contribution in [-0.2, 0) is 33.2 Å². The molecule has 0 unspecified atom stereocenters. The Morgan fingerprint density at radius 3 is 2.69 bits per heavy atom. The van der Waals surface area contributed by atoms with Gasteiger partial charge in [-0.2, -0.15) is 0 Å². The molecule has 0 radical (unpaired) electrons. The normalized spacial score (nSPS) is 14.4. The molecule has 1 fully saturated rings. The van der Waals surface area contributed by atoms with Gasteiger partial charge in [0.1, 0.15) is 18.1 Å². The number of rotatable bonds is 7. The van der Waals surface area contributed by atoms with E-state index in [0.717, 1.165) is 30.2 Å². The van der Waals surface area contributed by atoms with E-state index in [9.17, 15) is 9.18 Å². The SMILES string of the molecule is CC(=O)OCc1nc2c(NC(C)(C)C)cc(N3CCOCC3)nn2c1Cc1cccc(F)c1CCl. The first kappa shape index (κ1) is 25.2. The van der Waals surface area contributed by atoms with Gasteiger partial charge in [0.05, 0.1) is 30.5 Å². The summed E-state index contributed by atoms with van der Waals surface area (Å²) in [5.74, 6) is 0.0589. The van der Waals surface area contributed by atoms with Crippen molar-refractivity contribution in [1.82, 2.24) is 14.6 Å². The largest absolute Gasteiger partial charge is 0.459 e. The zero-order valence-corrected chi connectivity index (χ0v) is 21.3. The molecule has 8 nitrogen and oxygen atoms in total. The van der Waals surface area contributed by atoms with E-state index < -0.39 is 5.97 Å². The number of carbonyl (C=O) groups is 1. The zero-order chi connectivity index (χ0) is 25.2. The molecule has 3 heterocycles. The average Bonchev–Trinajstić information content (AvgIpc) is 3.15. The molecule has 1 aromatic carbocycles. The Labute approximate surface area is 209 Å². The summed E-state index contributed by atoms with van der Waals surface area (Å²) < 4.78 is 27.1. The van der Waals surface area contributed by atoms with Crippen LogP contribution in [0.15, 0.2) is 24.3 Å². The molecular weight excluding hydrogens is 473 g/mol. The fourth-order valence-corrected chi connectivity index (χ4v) is 4.40. The van der Waals surface area contributed by atoms with Crippen molar-refractivity contribution in [2.45, 2.75) is 52.1 Å². The van der Waals surface area contributed by atoms with Gasteiger partial charge in [0, 0.05) is 43.6 Å². The van der Waals surface area contributed by atoms with Gasteiger partial charge in [-0.25, -0.2) is 13.9 Å². The molecular formula is C25H31ClFN5O3. The van der Waals surface area contributed by atoms with Crippen molar-refractivity contribution in [3.05, 3.63) is 52.6 Å². The number of halogens is 2. The molecule has 35 heavy (non-hydrogen) atoms. The van der Waals surface area contributed by atoms with Crippen molar-refractivity contribution in [3.8, 4) is 0 Å². The van der Waals surface area contributed by atoms with Crippen molar-refractivity contribution in [1.29, 1.82) is 0 Å². The Balaban J connectivity index is 1.90. The maximum Gasteiger partial charge on any atom is 0.303 e. The van der Waals surface area contributed by atoms with Crippen LogP contribution in [0.3, 0.4) is 0 Å². The molecule has 1 saturated heterocycles. The summed E-state index contributed by atoms with van der Waals surface area (Å²) in [7, 11) is 0. The predicted molar refractivity (Wildman–Crippen MR) is 134 cm³/mol. The fourth-order valence-electron chi connectivity index (χ4n) is 4.10. The summed E-state index contributed by atoms with van der Waals surface area (Å²) in [5, 5.41) is 8.46. The van der Waals surface area contributed by atoms with Crippen molar-refractivity contribution in [2.24, 2.45) is 0 Å². The Morgan fingerprint density at radius 1 is 1.29 bits per heavy atom. The number of hydrogen-bond acceptors (Lipinski definition) is 7. The Hall–Kier alpha value is -2.91. The molecule has 0 spiro atoms. The highest BCUT2D eigenvalue weighted by molar-refractivity contribution is 6.17. The van der Waals surface area contributed by atoms with Gasteiger partial charge >= 0.3 is 5.97 Å². The van der Waals surface area contributed by atoms with Crippen LogP contribution in [0.5, 0.6) is 0 Å². The summed E-state index contributed by atoms with van der Waals surface area (Å²) >= 11 is 6.09. The fraction of sp³-hybridized carbons (Fsp3) is 0.480. The lowest BCUT2D eigenvalue weighted by Gasteiger charge is -2.29.